The van der Waals surface area contributed by atoms with E-state index in [0.717, 1.165) is 34.3 Å². The first kappa shape index (κ1) is 26.5. The largest absolute Gasteiger partial charge is 1.00 e. The molecule has 0 fully saturated rings. The van der Waals surface area contributed by atoms with Crippen molar-refractivity contribution in [3.05, 3.63) is 100 Å². The lowest BCUT2D eigenvalue weighted by atomic mass is 10.1. The number of nitrogens with one attached hydrogen (secondary N) is 2. The van der Waals surface area contributed by atoms with Gasteiger partial charge in [0.2, 0.25) is 5.69 Å². The molecule has 0 atom stereocenters. The lowest BCUT2D eigenvalue weighted by Gasteiger charge is -2.12. The third-order valence-electron chi connectivity index (χ3n) is 4.36. The summed E-state index contributed by atoms with van der Waals surface area (Å²) in [6, 6.07) is 16.4. The van der Waals surface area contributed by atoms with Crippen molar-refractivity contribution >= 4 is 39.2 Å². The highest BCUT2D eigenvalue weighted by molar-refractivity contribution is 9.10. The molecule has 33 heavy (non-hydrogen) atoms. The molecule has 0 aromatic heterocycles. The summed E-state index contributed by atoms with van der Waals surface area (Å²) in [6.45, 7) is 0. The second-order valence-electron chi connectivity index (χ2n) is 6.67. The minimum atomic E-state index is -4.43. The average Bonchev–Trinajstić information content (AvgIpc) is 2.73. The minimum Gasteiger partial charge on any atom is -1.00 e. The van der Waals surface area contributed by atoms with E-state index < -0.39 is 23.5 Å². The Hall–Kier alpha value is -2.78. The van der Waals surface area contributed by atoms with Crippen LogP contribution in [0.5, 0.6) is 0 Å². The van der Waals surface area contributed by atoms with Crippen LogP contribution < -0.4 is 22.7 Å². The quantitative estimate of drug-likeness (QED) is 0.370. The highest BCUT2D eigenvalue weighted by atomic mass is 79.9. The van der Waals surface area contributed by atoms with E-state index >= 15 is 0 Å². The van der Waals surface area contributed by atoms with Crippen LogP contribution in [0.1, 0.15) is 16.7 Å². The lowest BCUT2D eigenvalue weighted by molar-refractivity contribution is -0.346. The van der Waals surface area contributed by atoms with Crippen molar-refractivity contribution in [3.8, 4) is 0 Å². The molecule has 3 aromatic rings. The lowest BCUT2D eigenvalue weighted by Crippen LogP contribution is -3.00. The van der Waals surface area contributed by atoms with E-state index in [1.54, 1.807) is 30.3 Å². The summed E-state index contributed by atoms with van der Waals surface area (Å²) in [5, 5.41) is 3.07. The maximum Gasteiger partial charge on any atom is 0.416 e. The van der Waals surface area contributed by atoms with Gasteiger partial charge in [-0.05, 0) is 54.1 Å². The number of halogens is 8. The summed E-state index contributed by atoms with van der Waals surface area (Å²) in [7, 11) is 0. The molecule has 0 aliphatic rings. The average molecular weight is 550 g/mol. The fourth-order valence-electron chi connectivity index (χ4n) is 2.71. The second kappa shape index (κ2) is 10.9. The van der Waals surface area contributed by atoms with Gasteiger partial charge < -0.3 is 17.7 Å². The maximum atomic E-state index is 12.8. The van der Waals surface area contributed by atoms with Gasteiger partial charge in [0.15, 0.2) is 6.21 Å². The fraction of sp³-hybridized carbons (Fsp3) is 0.0870. The van der Waals surface area contributed by atoms with Crippen molar-refractivity contribution in [1.29, 1.82) is 0 Å². The fourth-order valence-corrected chi connectivity index (χ4v) is 2.98. The van der Waals surface area contributed by atoms with Crippen molar-refractivity contribution in [3.63, 3.8) is 0 Å². The Labute approximate surface area is 200 Å². The van der Waals surface area contributed by atoms with Crippen molar-refractivity contribution in [1.82, 2.24) is 0 Å². The molecule has 0 unspecified atom stereocenters. The summed E-state index contributed by atoms with van der Waals surface area (Å²) in [6.07, 6.45) is -5.68. The van der Waals surface area contributed by atoms with Crippen LogP contribution in [0.3, 0.4) is 0 Å². The molecule has 0 heterocycles. The van der Waals surface area contributed by atoms with Crippen LogP contribution in [-0.2, 0) is 12.4 Å². The standard InChI is InChI=1S/C23H15BrF6N2.ClH/c24-18-7-1-15(2-8-18)21(32-20-11-5-17(6-12-20)23(28,29)30)13-14-31-19-9-3-16(4-10-19)22(25,26)27;/h1-14,32H;1H/b21-13+,31-14?;. The topological polar surface area (TPSA) is 26.0 Å². The maximum absolute atomic E-state index is 12.8. The molecule has 0 bridgehead atoms. The van der Waals surface area contributed by atoms with Crippen LogP contribution >= 0.6 is 15.9 Å². The molecule has 0 aliphatic heterocycles. The van der Waals surface area contributed by atoms with E-state index in [2.05, 4.69) is 26.2 Å². The molecule has 0 radical (unpaired) electrons. The highest BCUT2D eigenvalue weighted by Crippen LogP contribution is 2.31. The molecular weight excluding hydrogens is 534 g/mol. The van der Waals surface area contributed by atoms with Crippen LogP contribution in [0.2, 0.25) is 0 Å². The minimum absolute atomic E-state index is 0. The highest BCUT2D eigenvalue weighted by Gasteiger charge is 2.30. The molecule has 0 saturated heterocycles. The van der Waals surface area contributed by atoms with E-state index in [9.17, 15) is 26.3 Å². The number of anilines is 1. The summed E-state index contributed by atoms with van der Waals surface area (Å²) >= 11 is 3.34. The summed E-state index contributed by atoms with van der Waals surface area (Å²) in [5.74, 6) is 0. The molecule has 0 aliphatic carbocycles. The SMILES string of the molecule is FC(F)(F)c1ccc(N/C(=C/C=[NH+]c2ccc(C(F)(F)F)cc2)c2ccc(Br)cc2)cc1.[Cl-]. The van der Waals surface area contributed by atoms with Gasteiger partial charge in [0.1, 0.15) is 0 Å². The Morgan fingerprint density at radius 1 is 0.727 bits per heavy atom. The number of alkyl halides is 6. The Morgan fingerprint density at radius 3 is 1.70 bits per heavy atom. The van der Waals surface area contributed by atoms with E-state index in [-0.39, 0.29) is 12.4 Å². The number of hydrogen-bond acceptors (Lipinski definition) is 1. The molecule has 0 spiro atoms. The van der Waals surface area contributed by atoms with Gasteiger partial charge in [-0.3, -0.25) is 0 Å². The molecule has 3 aromatic carbocycles. The first-order chi connectivity index (χ1) is 15.0. The van der Waals surface area contributed by atoms with E-state index in [4.69, 9.17) is 0 Å². The van der Waals surface area contributed by atoms with Gasteiger partial charge in [-0.25, -0.2) is 4.99 Å². The smallest absolute Gasteiger partial charge is 0.416 e. The number of allylic oxidation sites excluding steroid dienone is 1. The summed E-state index contributed by atoms with van der Waals surface area (Å²) in [4.78, 5) is 2.88. The van der Waals surface area contributed by atoms with Crippen LogP contribution in [0.25, 0.3) is 5.70 Å². The Bertz CT molecular complexity index is 1100. The van der Waals surface area contributed by atoms with E-state index in [1.807, 2.05) is 0 Å². The van der Waals surface area contributed by atoms with Gasteiger partial charge in [-0.15, -0.1) is 0 Å². The van der Waals surface area contributed by atoms with E-state index in [0.29, 0.717) is 17.1 Å². The monoisotopic (exact) mass is 548 g/mol. The van der Waals surface area contributed by atoms with Gasteiger partial charge in [0.05, 0.1) is 16.8 Å². The third-order valence-corrected chi connectivity index (χ3v) is 4.89. The Morgan fingerprint density at radius 2 is 1.21 bits per heavy atom. The Kier molecular flexibility index (Phi) is 8.74. The number of benzene rings is 3. The van der Waals surface area contributed by atoms with Crippen molar-refractivity contribution in [2.24, 2.45) is 0 Å². The van der Waals surface area contributed by atoms with Gasteiger partial charge in [0, 0.05) is 28.4 Å². The van der Waals surface area contributed by atoms with Crippen molar-refractivity contribution < 1.29 is 43.7 Å². The molecule has 2 N–H and O–H groups in total. The molecule has 0 saturated carbocycles. The zero-order chi connectivity index (χ0) is 23.4. The van der Waals surface area contributed by atoms with Crippen LogP contribution in [0, 0.1) is 0 Å². The Balaban J connectivity index is 0.00000385. The number of hydrogen-bond donors (Lipinski definition) is 2. The third kappa shape index (κ3) is 7.64. The molecule has 174 valence electrons. The first-order valence-electron chi connectivity index (χ1n) is 9.20. The predicted molar refractivity (Wildman–Crippen MR) is 115 cm³/mol. The van der Waals surface area contributed by atoms with Crippen LogP contribution in [0.15, 0.2) is 83.3 Å². The molecular formula is C23H16BrClF6N2. The number of rotatable bonds is 5. The van der Waals surface area contributed by atoms with Gasteiger partial charge in [-0.1, -0.05) is 28.1 Å². The summed E-state index contributed by atoms with van der Waals surface area (Å²) in [5.41, 5.74) is 0.690. The molecule has 2 nitrogen and oxygen atoms in total. The molecule has 0 amide bonds. The second-order valence-corrected chi connectivity index (χ2v) is 7.59. The predicted octanol–water partition coefficient (Wildman–Crippen LogP) is 3.43. The molecule has 10 heteroatoms. The zero-order valence-electron chi connectivity index (χ0n) is 16.6. The van der Waals surface area contributed by atoms with Gasteiger partial charge >= 0.3 is 12.4 Å². The van der Waals surface area contributed by atoms with Gasteiger partial charge in [-0.2, -0.15) is 26.3 Å². The zero-order valence-corrected chi connectivity index (χ0v) is 18.9. The summed E-state index contributed by atoms with van der Waals surface area (Å²) < 4.78 is 77.3. The van der Waals surface area contributed by atoms with Crippen LogP contribution in [-0.4, -0.2) is 6.21 Å². The van der Waals surface area contributed by atoms with E-state index in [1.165, 1.54) is 30.5 Å². The van der Waals surface area contributed by atoms with Crippen molar-refractivity contribution in [2.45, 2.75) is 12.4 Å². The molecule has 3 rings (SSSR count). The normalized spacial score (nSPS) is 12.5. The van der Waals surface area contributed by atoms with Crippen LogP contribution in [0.4, 0.5) is 37.7 Å². The van der Waals surface area contributed by atoms with Gasteiger partial charge in [0.25, 0.3) is 0 Å². The first-order valence-corrected chi connectivity index (χ1v) is 9.99. The van der Waals surface area contributed by atoms with Crippen molar-refractivity contribution in [2.75, 3.05) is 5.32 Å².